The number of thiazole rings is 1. The summed E-state index contributed by atoms with van der Waals surface area (Å²) in [4.78, 5) is 47.4. The number of carbonyl (C=O) groups excluding carboxylic acids is 2. The molecule has 1 aromatic rings. The Kier molecular flexibility index (Phi) is 13.8. The van der Waals surface area contributed by atoms with Crippen LogP contribution in [-0.2, 0) is 9.59 Å². The Morgan fingerprint density at radius 3 is 2.46 bits per heavy atom. The minimum Gasteiger partial charge on any atom is -0.476 e. The number of rotatable bonds is 16. The number of nitrogens with zero attached hydrogens (tertiary/aromatic N) is 3. The zero-order valence-electron chi connectivity index (χ0n) is 24.7. The molecule has 5 atom stereocenters. The molecule has 0 unspecified atom stereocenters. The molecule has 0 spiro atoms. The van der Waals surface area contributed by atoms with Gasteiger partial charge in [0.2, 0.25) is 11.8 Å². The lowest BCUT2D eigenvalue weighted by Crippen LogP contribution is -2.56. The Balaban J connectivity index is 2.34. The van der Waals surface area contributed by atoms with E-state index < -0.39 is 18.0 Å². The van der Waals surface area contributed by atoms with Crippen LogP contribution in [0.15, 0.2) is 5.38 Å². The number of aliphatic hydroxyl groups excluding tert-OH is 1. The number of aromatic carboxylic acids is 1. The van der Waals surface area contributed by atoms with Gasteiger partial charge in [0, 0.05) is 24.4 Å². The molecule has 1 aromatic heterocycles. The maximum absolute atomic E-state index is 14.3. The number of hydrogen-bond donors (Lipinski definition) is 3. The fraction of sp³-hybridized carbons (Fsp3) is 0.793. The molecule has 39 heavy (non-hydrogen) atoms. The molecule has 222 valence electrons. The van der Waals surface area contributed by atoms with Crippen molar-refractivity contribution >= 4 is 29.1 Å². The number of piperidine rings is 1. The van der Waals surface area contributed by atoms with Crippen LogP contribution in [0.5, 0.6) is 0 Å². The van der Waals surface area contributed by atoms with Crippen LogP contribution in [0.1, 0.15) is 114 Å². The highest BCUT2D eigenvalue weighted by Gasteiger charge is 2.39. The zero-order chi connectivity index (χ0) is 29.1. The van der Waals surface area contributed by atoms with Crippen LogP contribution in [0, 0.1) is 17.8 Å². The molecule has 0 saturated carbocycles. The van der Waals surface area contributed by atoms with Crippen LogP contribution >= 0.6 is 11.3 Å². The molecule has 0 aromatic carbocycles. The number of nitrogens with one attached hydrogen (secondary N) is 1. The zero-order valence-corrected chi connectivity index (χ0v) is 25.5. The molecular formula is C29H50N4O5S. The molecule has 0 radical (unpaired) electrons. The van der Waals surface area contributed by atoms with Crippen molar-refractivity contribution in [3.63, 3.8) is 0 Å². The van der Waals surface area contributed by atoms with Gasteiger partial charge in [0.15, 0.2) is 5.69 Å². The Bertz CT molecular complexity index is 923. The summed E-state index contributed by atoms with van der Waals surface area (Å²) in [6.45, 7) is 11.6. The molecule has 9 nitrogen and oxygen atoms in total. The van der Waals surface area contributed by atoms with E-state index in [9.17, 15) is 24.6 Å². The summed E-state index contributed by atoms with van der Waals surface area (Å²) < 4.78 is 0. The van der Waals surface area contributed by atoms with Gasteiger partial charge in [-0.2, -0.15) is 0 Å². The van der Waals surface area contributed by atoms with E-state index in [0.717, 1.165) is 62.8 Å². The fourth-order valence-electron chi connectivity index (χ4n) is 5.32. The van der Waals surface area contributed by atoms with Gasteiger partial charge in [-0.3, -0.25) is 14.5 Å². The summed E-state index contributed by atoms with van der Waals surface area (Å²) in [7, 11) is 2.01. The van der Waals surface area contributed by atoms with E-state index in [-0.39, 0.29) is 48.0 Å². The van der Waals surface area contributed by atoms with E-state index >= 15 is 0 Å². The van der Waals surface area contributed by atoms with Gasteiger partial charge < -0.3 is 20.4 Å². The van der Waals surface area contributed by atoms with Crippen LogP contribution in [0.3, 0.4) is 0 Å². The lowest BCUT2D eigenvalue weighted by molar-refractivity contribution is -0.148. The van der Waals surface area contributed by atoms with Gasteiger partial charge in [-0.05, 0) is 51.1 Å². The van der Waals surface area contributed by atoms with E-state index in [0.29, 0.717) is 18.0 Å². The van der Waals surface area contributed by atoms with Crippen molar-refractivity contribution in [1.82, 2.24) is 20.1 Å². The minimum absolute atomic E-state index is 0.0128. The summed E-state index contributed by atoms with van der Waals surface area (Å²) >= 11 is 1.11. The third-order valence-corrected chi connectivity index (χ3v) is 8.98. The van der Waals surface area contributed by atoms with Gasteiger partial charge in [0.25, 0.3) is 0 Å². The Hall–Kier alpha value is -2.04. The van der Waals surface area contributed by atoms with Crippen molar-refractivity contribution in [1.29, 1.82) is 0 Å². The predicted molar refractivity (Wildman–Crippen MR) is 154 cm³/mol. The minimum atomic E-state index is -1.14. The molecule has 1 aliphatic rings. The number of carboxylic acids is 1. The first-order chi connectivity index (χ1) is 18.5. The maximum atomic E-state index is 14.3. The largest absolute Gasteiger partial charge is 0.476 e. The van der Waals surface area contributed by atoms with Crippen molar-refractivity contribution in [2.24, 2.45) is 17.8 Å². The Labute approximate surface area is 238 Å². The van der Waals surface area contributed by atoms with Gasteiger partial charge in [-0.15, -0.1) is 11.3 Å². The summed E-state index contributed by atoms with van der Waals surface area (Å²) in [5.74, 6) is -2.48. The Morgan fingerprint density at radius 1 is 1.18 bits per heavy atom. The molecule has 1 fully saturated rings. The normalized spacial score (nSPS) is 19.3. The topological polar surface area (TPSA) is 123 Å². The summed E-state index contributed by atoms with van der Waals surface area (Å²) in [6, 6.07) is -0.331. The highest BCUT2D eigenvalue weighted by molar-refractivity contribution is 7.09. The first-order valence-corrected chi connectivity index (χ1v) is 15.6. The molecule has 3 N–H and O–H groups in total. The lowest BCUT2D eigenvalue weighted by Gasteiger charge is -2.39. The number of carboxylic acid groups (broad SMARTS) is 1. The number of hydrogen-bond acceptors (Lipinski definition) is 7. The van der Waals surface area contributed by atoms with Gasteiger partial charge in [-0.25, -0.2) is 9.78 Å². The molecule has 2 rings (SSSR count). The molecule has 10 heteroatoms. The average Bonchev–Trinajstić information content (AvgIpc) is 3.40. The second-order valence-corrected chi connectivity index (χ2v) is 12.3. The number of likely N-dealkylation sites (tertiary alicyclic amines) is 1. The second-order valence-electron chi connectivity index (χ2n) is 11.4. The molecule has 0 bridgehead atoms. The first-order valence-electron chi connectivity index (χ1n) is 14.7. The van der Waals surface area contributed by atoms with Crippen molar-refractivity contribution in [3.8, 4) is 0 Å². The molecule has 2 heterocycles. The SMILES string of the molecule is CCCCCCN(C(=O)[C@H](C(=O)N[C@H]1CCCCN1C)[C@@H](C)CC)[C@H](C[C@@H](O)c1nc(C(=O)O)cs1)C(C)C. The molecule has 0 aliphatic carbocycles. The lowest BCUT2D eigenvalue weighted by atomic mass is 9.87. The number of amides is 2. The maximum Gasteiger partial charge on any atom is 0.355 e. The monoisotopic (exact) mass is 566 g/mol. The van der Waals surface area contributed by atoms with E-state index in [2.05, 4.69) is 22.1 Å². The second kappa shape index (κ2) is 16.3. The first kappa shape index (κ1) is 33.2. The third-order valence-electron chi connectivity index (χ3n) is 8.04. The van der Waals surface area contributed by atoms with E-state index in [1.165, 1.54) is 5.38 Å². The van der Waals surface area contributed by atoms with Crippen LogP contribution < -0.4 is 5.32 Å². The van der Waals surface area contributed by atoms with Gasteiger partial charge in [0.05, 0.1) is 6.17 Å². The van der Waals surface area contributed by atoms with E-state index in [1.807, 2.05) is 39.6 Å². The smallest absolute Gasteiger partial charge is 0.355 e. The van der Waals surface area contributed by atoms with Crippen molar-refractivity contribution < 1.29 is 24.6 Å². The number of aromatic nitrogens is 1. The van der Waals surface area contributed by atoms with Gasteiger partial charge in [-0.1, -0.05) is 60.3 Å². The van der Waals surface area contributed by atoms with Crippen LogP contribution in [0.25, 0.3) is 0 Å². The van der Waals surface area contributed by atoms with Crippen LogP contribution in [0.2, 0.25) is 0 Å². The predicted octanol–water partition coefficient (Wildman–Crippen LogP) is 4.92. The number of unbranched alkanes of at least 4 members (excludes halogenated alkanes) is 3. The van der Waals surface area contributed by atoms with Crippen LogP contribution in [0.4, 0.5) is 0 Å². The average molecular weight is 567 g/mol. The summed E-state index contributed by atoms with van der Waals surface area (Å²) in [5, 5.41) is 25.2. The fourth-order valence-corrected chi connectivity index (χ4v) is 6.11. The highest BCUT2D eigenvalue weighted by Crippen LogP contribution is 2.30. The van der Waals surface area contributed by atoms with E-state index in [1.54, 1.807) is 0 Å². The van der Waals surface area contributed by atoms with E-state index in [4.69, 9.17) is 0 Å². The standard InChI is InChI=1S/C29H50N4O5S/c1-7-9-10-12-16-33(22(19(3)4)17-23(34)27-30-21(18-39-27)29(37)38)28(36)25(20(5)8-2)26(35)31-24-14-11-13-15-32(24)6/h18-20,22-25,34H,7-17H2,1-6H3,(H,31,35)(H,37,38)/t20-,22+,23+,24+,25-/m0/s1. The van der Waals surface area contributed by atoms with Gasteiger partial charge >= 0.3 is 5.97 Å². The summed E-state index contributed by atoms with van der Waals surface area (Å²) in [5.41, 5.74) is -0.0937. The Morgan fingerprint density at radius 2 is 1.90 bits per heavy atom. The van der Waals surface area contributed by atoms with Crippen LogP contribution in [-0.4, -0.2) is 75.1 Å². The molecule has 1 saturated heterocycles. The number of aliphatic hydroxyl groups is 1. The van der Waals surface area contributed by atoms with Gasteiger partial charge in [0.1, 0.15) is 17.0 Å². The van der Waals surface area contributed by atoms with Crippen molar-refractivity contribution in [2.75, 3.05) is 20.1 Å². The van der Waals surface area contributed by atoms with Crippen molar-refractivity contribution in [3.05, 3.63) is 16.1 Å². The summed E-state index contributed by atoms with van der Waals surface area (Å²) in [6.07, 6.45) is 6.81. The molecule has 1 aliphatic heterocycles. The quantitative estimate of drug-likeness (QED) is 0.192. The van der Waals surface area contributed by atoms with Crippen molar-refractivity contribution in [2.45, 2.75) is 111 Å². The number of carbonyl (C=O) groups is 3. The molecular weight excluding hydrogens is 516 g/mol. The highest BCUT2D eigenvalue weighted by atomic mass is 32.1. The third kappa shape index (κ3) is 9.53. The molecule has 2 amide bonds.